The topological polar surface area (TPSA) is 40.2 Å². The molecule has 0 aliphatic rings. The molecule has 20 heavy (non-hydrogen) atoms. The number of halogens is 1. The number of methoxy groups -OCH3 is 3. The van der Waals surface area contributed by atoms with Crippen LogP contribution in [0, 0.1) is 0 Å². The summed E-state index contributed by atoms with van der Waals surface area (Å²) >= 11 is 6.18. The van der Waals surface area contributed by atoms with E-state index < -0.39 is 0 Å². The van der Waals surface area contributed by atoms with Gasteiger partial charge in [0.1, 0.15) is 12.4 Å². The molecule has 0 aromatic heterocycles. The van der Waals surface area contributed by atoms with Crippen molar-refractivity contribution in [1.29, 1.82) is 0 Å². The van der Waals surface area contributed by atoms with E-state index in [-0.39, 0.29) is 5.38 Å². The molecule has 0 aliphatic carbocycles. The third-order valence-corrected chi connectivity index (χ3v) is 2.90. The molecule has 114 valence electrons. The molecule has 6 heteroatoms. The Bertz CT molecular complexity index is 401. The van der Waals surface area contributed by atoms with Gasteiger partial charge in [-0.1, -0.05) is 0 Å². The molecule has 0 heterocycles. The molecule has 1 atom stereocenters. The lowest BCUT2D eigenvalue weighted by Crippen LogP contribution is -2.26. The summed E-state index contributed by atoms with van der Waals surface area (Å²) in [4.78, 5) is 2.01. The van der Waals surface area contributed by atoms with Crippen LogP contribution in [0.25, 0.3) is 0 Å². The standard InChI is InChI=1S/C14H22ClNO4/c1-16(2)8-10(15)9-20-11-6-12(17-3)14(19-5)13(7-11)18-4/h6-7,10H,8-9H2,1-5H3. The molecule has 0 amide bonds. The highest BCUT2D eigenvalue weighted by atomic mass is 35.5. The molecule has 0 N–H and O–H groups in total. The number of nitrogens with zero attached hydrogens (tertiary/aromatic N) is 1. The quantitative estimate of drug-likeness (QED) is 0.689. The summed E-state index contributed by atoms with van der Waals surface area (Å²) in [6, 6.07) is 3.50. The van der Waals surface area contributed by atoms with E-state index in [0.717, 1.165) is 6.54 Å². The first kappa shape index (κ1) is 16.7. The van der Waals surface area contributed by atoms with Gasteiger partial charge in [0, 0.05) is 18.7 Å². The zero-order valence-electron chi connectivity index (χ0n) is 12.6. The molecule has 1 aromatic rings. The zero-order chi connectivity index (χ0) is 15.1. The summed E-state index contributed by atoms with van der Waals surface area (Å²) in [6.07, 6.45) is 0. The Labute approximate surface area is 125 Å². The first-order valence-corrected chi connectivity index (χ1v) is 6.67. The number of benzene rings is 1. The summed E-state index contributed by atoms with van der Waals surface area (Å²) in [7, 11) is 8.63. The second-order valence-electron chi connectivity index (χ2n) is 4.53. The van der Waals surface area contributed by atoms with Crippen LogP contribution in [-0.2, 0) is 0 Å². The van der Waals surface area contributed by atoms with E-state index >= 15 is 0 Å². The summed E-state index contributed by atoms with van der Waals surface area (Å²) in [5.74, 6) is 2.28. The number of hydrogen-bond acceptors (Lipinski definition) is 5. The van der Waals surface area contributed by atoms with Crippen LogP contribution in [0.4, 0.5) is 0 Å². The van der Waals surface area contributed by atoms with Gasteiger partial charge < -0.3 is 23.8 Å². The molecular weight excluding hydrogens is 282 g/mol. The second-order valence-corrected chi connectivity index (χ2v) is 5.15. The van der Waals surface area contributed by atoms with E-state index in [1.54, 1.807) is 33.5 Å². The van der Waals surface area contributed by atoms with Crippen LogP contribution < -0.4 is 18.9 Å². The molecule has 0 spiro atoms. The molecule has 0 saturated heterocycles. The highest BCUT2D eigenvalue weighted by molar-refractivity contribution is 6.20. The summed E-state index contributed by atoms with van der Waals surface area (Å²) in [5.41, 5.74) is 0. The minimum absolute atomic E-state index is 0.0934. The van der Waals surface area contributed by atoms with E-state index in [4.69, 9.17) is 30.5 Å². The van der Waals surface area contributed by atoms with Crippen molar-refractivity contribution >= 4 is 11.6 Å². The van der Waals surface area contributed by atoms with Gasteiger partial charge in [0.05, 0.1) is 26.7 Å². The average molecular weight is 304 g/mol. The SMILES string of the molecule is COc1cc(OCC(Cl)CN(C)C)cc(OC)c1OC. The van der Waals surface area contributed by atoms with E-state index in [0.29, 0.717) is 29.6 Å². The van der Waals surface area contributed by atoms with Crippen molar-refractivity contribution in [1.82, 2.24) is 4.90 Å². The van der Waals surface area contributed by atoms with Crippen molar-refractivity contribution < 1.29 is 18.9 Å². The smallest absolute Gasteiger partial charge is 0.203 e. The Morgan fingerprint density at radius 3 is 2.00 bits per heavy atom. The normalized spacial score (nSPS) is 12.2. The van der Waals surface area contributed by atoms with Crippen molar-refractivity contribution in [2.45, 2.75) is 5.38 Å². The third-order valence-electron chi connectivity index (χ3n) is 2.63. The molecule has 0 aliphatic heterocycles. The molecule has 1 aromatic carbocycles. The van der Waals surface area contributed by atoms with Crippen LogP contribution in [0.15, 0.2) is 12.1 Å². The van der Waals surface area contributed by atoms with Crippen LogP contribution in [0.3, 0.4) is 0 Å². The predicted octanol–water partition coefficient (Wildman–Crippen LogP) is 2.26. The summed E-state index contributed by atoms with van der Waals surface area (Å²) in [5, 5.41) is -0.0934. The molecule has 0 bridgehead atoms. The van der Waals surface area contributed by atoms with Gasteiger partial charge in [0.15, 0.2) is 11.5 Å². The molecular formula is C14H22ClNO4. The number of hydrogen-bond donors (Lipinski definition) is 0. The molecule has 0 saturated carbocycles. The van der Waals surface area contributed by atoms with E-state index in [9.17, 15) is 0 Å². The fraction of sp³-hybridized carbons (Fsp3) is 0.571. The molecule has 1 rings (SSSR count). The Kier molecular flexibility index (Phi) is 6.75. The Balaban J connectivity index is 2.80. The largest absolute Gasteiger partial charge is 0.493 e. The van der Waals surface area contributed by atoms with Crippen LogP contribution in [-0.4, -0.2) is 58.9 Å². The van der Waals surface area contributed by atoms with Crippen LogP contribution in [0.2, 0.25) is 0 Å². The van der Waals surface area contributed by atoms with Gasteiger partial charge in [-0.15, -0.1) is 11.6 Å². The maximum Gasteiger partial charge on any atom is 0.203 e. The maximum atomic E-state index is 6.18. The summed E-state index contributed by atoms with van der Waals surface area (Å²) < 4.78 is 21.5. The lowest BCUT2D eigenvalue weighted by molar-refractivity contribution is 0.278. The Morgan fingerprint density at radius 2 is 1.60 bits per heavy atom. The van der Waals surface area contributed by atoms with Crippen molar-refractivity contribution in [3.63, 3.8) is 0 Å². The van der Waals surface area contributed by atoms with Gasteiger partial charge in [0.25, 0.3) is 0 Å². The second kappa shape index (κ2) is 8.07. The van der Waals surface area contributed by atoms with Gasteiger partial charge in [-0.2, -0.15) is 0 Å². The highest BCUT2D eigenvalue weighted by Gasteiger charge is 2.15. The maximum absolute atomic E-state index is 6.18. The van der Waals surface area contributed by atoms with Crippen molar-refractivity contribution in [2.75, 3.05) is 48.6 Å². The first-order valence-electron chi connectivity index (χ1n) is 6.23. The monoisotopic (exact) mass is 303 g/mol. The minimum Gasteiger partial charge on any atom is -0.493 e. The van der Waals surface area contributed by atoms with Crippen LogP contribution >= 0.6 is 11.6 Å². The van der Waals surface area contributed by atoms with Crippen LogP contribution in [0.5, 0.6) is 23.0 Å². The molecule has 5 nitrogen and oxygen atoms in total. The lowest BCUT2D eigenvalue weighted by atomic mass is 10.2. The predicted molar refractivity (Wildman–Crippen MR) is 79.8 cm³/mol. The van der Waals surface area contributed by atoms with Gasteiger partial charge in [-0.3, -0.25) is 0 Å². The highest BCUT2D eigenvalue weighted by Crippen LogP contribution is 2.40. The van der Waals surface area contributed by atoms with Crippen LogP contribution in [0.1, 0.15) is 0 Å². The first-order chi connectivity index (χ1) is 9.51. The fourth-order valence-corrected chi connectivity index (χ4v) is 2.11. The number of alkyl halides is 1. The fourth-order valence-electron chi connectivity index (χ4n) is 1.78. The average Bonchev–Trinajstić information content (AvgIpc) is 2.42. The number of ether oxygens (including phenoxy) is 4. The van der Waals surface area contributed by atoms with Gasteiger partial charge in [-0.25, -0.2) is 0 Å². The summed E-state index contributed by atoms with van der Waals surface area (Å²) in [6.45, 7) is 1.14. The van der Waals surface area contributed by atoms with Gasteiger partial charge >= 0.3 is 0 Å². The van der Waals surface area contributed by atoms with Gasteiger partial charge in [-0.05, 0) is 14.1 Å². The van der Waals surface area contributed by atoms with E-state index in [1.165, 1.54) is 0 Å². The van der Waals surface area contributed by atoms with E-state index in [1.807, 2.05) is 19.0 Å². The lowest BCUT2D eigenvalue weighted by Gasteiger charge is -2.17. The minimum atomic E-state index is -0.0934. The zero-order valence-corrected chi connectivity index (χ0v) is 13.4. The van der Waals surface area contributed by atoms with Gasteiger partial charge in [0.2, 0.25) is 5.75 Å². The van der Waals surface area contributed by atoms with Crippen molar-refractivity contribution in [3.8, 4) is 23.0 Å². The van der Waals surface area contributed by atoms with Crippen molar-refractivity contribution in [3.05, 3.63) is 12.1 Å². The molecule has 0 radical (unpaired) electrons. The molecule has 0 fully saturated rings. The van der Waals surface area contributed by atoms with Crippen molar-refractivity contribution in [2.24, 2.45) is 0 Å². The Hall–Kier alpha value is -1.33. The molecule has 1 unspecified atom stereocenters. The number of rotatable bonds is 8. The van der Waals surface area contributed by atoms with E-state index in [2.05, 4.69) is 0 Å². The Morgan fingerprint density at radius 1 is 1.05 bits per heavy atom. The third kappa shape index (κ3) is 4.65.